The van der Waals surface area contributed by atoms with Crippen LogP contribution in [0.3, 0.4) is 0 Å². The summed E-state index contributed by atoms with van der Waals surface area (Å²) in [5.74, 6) is 0.651. The topological polar surface area (TPSA) is 53.2 Å². The highest BCUT2D eigenvalue weighted by Gasteiger charge is 2.10. The largest absolute Gasteiger partial charge is 0.488 e. The summed E-state index contributed by atoms with van der Waals surface area (Å²) in [4.78, 5) is 0. The second kappa shape index (κ2) is 6.23. The average Bonchev–Trinajstić information content (AvgIpc) is 2.46. The van der Waals surface area contributed by atoms with Gasteiger partial charge >= 0.3 is 0 Å². The Morgan fingerprint density at radius 1 is 1.25 bits per heavy atom. The summed E-state index contributed by atoms with van der Waals surface area (Å²) >= 11 is 0. The molecule has 3 heteroatoms. The Morgan fingerprint density at radius 3 is 2.70 bits per heavy atom. The van der Waals surface area contributed by atoms with Crippen molar-refractivity contribution < 1.29 is 9.84 Å². The maximum atomic E-state index is 9.79. The number of hydrogen-bond acceptors (Lipinski definition) is 3. The second-order valence-corrected chi connectivity index (χ2v) is 4.77. The van der Waals surface area contributed by atoms with Crippen LogP contribution >= 0.6 is 0 Å². The van der Waals surface area contributed by atoms with Crippen molar-refractivity contribution in [1.82, 2.24) is 0 Å². The van der Waals surface area contributed by atoms with E-state index < -0.39 is 6.10 Å². The molecule has 20 heavy (non-hydrogen) atoms. The lowest BCUT2D eigenvalue weighted by Gasteiger charge is -2.14. The van der Waals surface area contributed by atoms with Crippen molar-refractivity contribution in [2.24, 2.45) is 0 Å². The molecule has 0 spiro atoms. The first-order chi connectivity index (χ1) is 9.61. The average molecular weight is 267 g/mol. The van der Waals surface area contributed by atoms with Crippen LogP contribution in [0.25, 0.3) is 0 Å². The van der Waals surface area contributed by atoms with Crippen LogP contribution in [0.15, 0.2) is 42.5 Å². The van der Waals surface area contributed by atoms with Gasteiger partial charge in [-0.25, -0.2) is 0 Å². The van der Waals surface area contributed by atoms with Crippen molar-refractivity contribution in [3.63, 3.8) is 0 Å². The third-order valence-corrected chi connectivity index (χ3v) is 3.14. The molecule has 1 unspecified atom stereocenters. The number of benzene rings is 2. The Bertz CT molecular complexity index is 642. The number of rotatable bonds is 4. The zero-order chi connectivity index (χ0) is 14.5. The van der Waals surface area contributed by atoms with Gasteiger partial charge in [-0.05, 0) is 32.0 Å². The van der Waals surface area contributed by atoms with E-state index in [1.807, 2.05) is 43.3 Å². The second-order valence-electron chi connectivity index (χ2n) is 4.77. The molecule has 0 fully saturated rings. The van der Waals surface area contributed by atoms with Gasteiger partial charge in [0.05, 0.1) is 17.7 Å². The van der Waals surface area contributed by atoms with Crippen LogP contribution in [0, 0.1) is 18.3 Å². The van der Waals surface area contributed by atoms with Crippen LogP contribution < -0.4 is 4.74 Å². The van der Waals surface area contributed by atoms with Crippen LogP contribution in [0.4, 0.5) is 0 Å². The Kier molecular flexibility index (Phi) is 4.39. The maximum absolute atomic E-state index is 9.79. The molecular formula is C17H17NO2. The minimum Gasteiger partial charge on any atom is -0.488 e. The summed E-state index contributed by atoms with van der Waals surface area (Å²) in [6.07, 6.45) is -0.587. The SMILES string of the molecule is Cc1ccc(OCc2ccccc2C#N)c(C(C)O)c1. The first-order valence-electron chi connectivity index (χ1n) is 6.51. The highest BCUT2D eigenvalue weighted by atomic mass is 16.5. The number of aliphatic hydroxyl groups is 1. The van der Waals surface area contributed by atoms with Gasteiger partial charge in [0.1, 0.15) is 12.4 Å². The van der Waals surface area contributed by atoms with Crippen molar-refractivity contribution in [2.75, 3.05) is 0 Å². The lowest BCUT2D eigenvalue weighted by molar-refractivity contribution is 0.190. The van der Waals surface area contributed by atoms with Crippen LogP contribution in [0.5, 0.6) is 5.75 Å². The molecule has 0 aliphatic carbocycles. The fourth-order valence-electron chi connectivity index (χ4n) is 2.04. The van der Waals surface area contributed by atoms with Gasteiger partial charge in [0.15, 0.2) is 0 Å². The van der Waals surface area contributed by atoms with Crippen molar-refractivity contribution in [3.8, 4) is 11.8 Å². The third kappa shape index (κ3) is 3.17. The highest BCUT2D eigenvalue weighted by molar-refractivity contribution is 5.40. The van der Waals surface area contributed by atoms with E-state index in [-0.39, 0.29) is 0 Å². The molecule has 3 nitrogen and oxygen atoms in total. The predicted molar refractivity (Wildman–Crippen MR) is 77.3 cm³/mol. The summed E-state index contributed by atoms with van der Waals surface area (Å²) in [6.45, 7) is 4.00. The number of nitrogens with zero attached hydrogens (tertiary/aromatic N) is 1. The Balaban J connectivity index is 2.21. The molecule has 1 N–H and O–H groups in total. The van der Waals surface area contributed by atoms with Gasteiger partial charge < -0.3 is 9.84 Å². The molecule has 0 heterocycles. The normalized spacial score (nSPS) is 11.7. The summed E-state index contributed by atoms with van der Waals surface area (Å²) in [5, 5.41) is 18.8. The molecule has 2 rings (SSSR count). The zero-order valence-corrected chi connectivity index (χ0v) is 11.6. The summed E-state index contributed by atoms with van der Waals surface area (Å²) in [6, 6.07) is 15.2. The molecular weight excluding hydrogens is 250 g/mol. The molecule has 0 aliphatic heterocycles. The van der Waals surface area contributed by atoms with Gasteiger partial charge in [-0.3, -0.25) is 0 Å². The van der Waals surface area contributed by atoms with Gasteiger partial charge in [0, 0.05) is 11.1 Å². The molecule has 102 valence electrons. The van der Waals surface area contributed by atoms with E-state index in [0.29, 0.717) is 17.9 Å². The Morgan fingerprint density at radius 2 is 2.00 bits per heavy atom. The number of nitriles is 1. The fourth-order valence-corrected chi connectivity index (χ4v) is 2.04. The molecule has 0 saturated heterocycles. The van der Waals surface area contributed by atoms with Crippen molar-refractivity contribution in [1.29, 1.82) is 5.26 Å². The third-order valence-electron chi connectivity index (χ3n) is 3.14. The van der Waals surface area contributed by atoms with Crippen molar-refractivity contribution >= 4 is 0 Å². The maximum Gasteiger partial charge on any atom is 0.125 e. The van der Waals surface area contributed by atoms with Crippen molar-refractivity contribution in [2.45, 2.75) is 26.6 Å². The number of ether oxygens (including phenoxy) is 1. The van der Waals surface area contributed by atoms with Crippen LogP contribution in [0.2, 0.25) is 0 Å². The lowest BCUT2D eigenvalue weighted by atomic mass is 10.1. The van der Waals surface area contributed by atoms with E-state index in [0.717, 1.165) is 16.7 Å². The van der Waals surface area contributed by atoms with E-state index in [4.69, 9.17) is 10.00 Å². The molecule has 2 aromatic rings. The standard InChI is InChI=1S/C17H17NO2/c1-12-7-8-17(16(9-12)13(2)19)20-11-15-6-4-3-5-14(15)10-18/h3-9,13,19H,11H2,1-2H3. The van der Waals surface area contributed by atoms with Gasteiger partial charge in [-0.1, -0.05) is 29.8 Å². The van der Waals surface area contributed by atoms with E-state index in [1.165, 1.54) is 0 Å². The van der Waals surface area contributed by atoms with Gasteiger partial charge in [-0.15, -0.1) is 0 Å². The molecule has 0 bridgehead atoms. The van der Waals surface area contributed by atoms with Crippen molar-refractivity contribution in [3.05, 3.63) is 64.7 Å². The fraction of sp³-hybridized carbons (Fsp3) is 0.235. The van der Waals surface area contributed by atoms with E-state index in [9.17, 15) is 5.11 Å². The zero-order valence-electron chi connectivity index (χ0n) is 11.6. The van der Waals surface area contributed by atoms with Gasteiger partial charge in [-0.2, -0.15) is 5.26 Å². The highest BCUT2D eigenvalue weighted by Crippen LogP contribution is 2.27. The molecule has 0 radical (unpaired) electrons. The summed E-state index contributed by atoms with van der Waals surface area (Å²) < 4.78 is 5.77. The molecule has 0 aromatic heterocycles. The Hall–Kier alpha value is -2.31. The van der Waals surface area contributed by atoms with Crippen LogP contribution in [0.1, 0.15) is 35.3 Å². The van der Waals surface area contributed by atoms with E-state index >= 15 is 0 Å². The van der Waals surface area contributed by atoms with E-state index in [1.54, 1.807) is 13.0 Å². The minimum atomic E-state index is -0.587. The van der Waals surface area contributed by atoms with Crippen LogP contribution in [-0.2, 0) is 6.61 Å². The summed E-state index contributed by atoms with van der Waals surface area (Å²) in [7, 11) is 0. The van der Waals surface area contributed by atoms with Gasteiger partial charge in [0.25, 0.3) is 0 Å². The minimum absolute atomic E-state index is 0.312. The lowest BCUT2D eigenvalue weighted by Crippen LogP contribution is -2.02. The quantitative estimate of drug-likeness (QED) is 0.922. The first kappa shape index (κ1) is 14.1. The first-order valence-corrected chi connectivity index (χ1v) is 6.51. The smallest absolute Gasteiger partial charge is 0.125 e. The van der Waals surface area contributed by atoms with Crippen LogP contribution in [-0.4, -0.2) is 5.11 Å². The summed E-state index contributed by atoms with van der Waals surface area (Å²) in [5.41, 5.74) is 3.29. The molecule has 0 amide bonds. The molecule has 1 atom stereocenters. The van der Waals surface area contributed by atoms with Gasteiger partial charge in [0.2, 0.25) is 0 Å². The number of aryl methyl sites for hydroxylation is 1. The number of aliphatic hydroxyl groups excluding tert-OH is 1. The number of hydrogen-bond donors (Lipinski definition) is 1. The monoisotopic (exact) mass is 267 g/mol. The molecule has 0 saturated carbocycles. The molecule has 2 aromatic carbocycles. The predicted octanol–water partition coefficient (Wildman–Crippen LogP) is 3.50. The Labute approximate surface area is 119 Å². The van der Waals surface area contributed by atoms with E-state index in [2.05, 4.69) is 6.07 Å². The molecule has 0 aliphatic rings.